The van der Waals surface area contributed by atoms with E-state index >= 15 is 0 Å². The molecule has 0 unspecified atom stereocenters. The minimum atomic E-state index is -0.469. The third-order valence-corrected chi connectivity index (χ3v) is 6.05. The van der Waals surface area contributed by atoms with Crippen LogP contribution in [0.2, 0.25) is 5.02 Å². The Labute approximate surface area is 182 Å². The van der Waals surface area contributed by atoms with Gasteiger partial charge in [-0.3, -0.25) is 15.0 Å². The molecule has 166 valence electrons. The van der Waals surface area contributed by atoms with E-state index in [4.69, 9.17) is 16.3 Å². The van der Waals surface area contributed by atoms with Crippen molar-refractivity contribution in [2.24, 2.45) is 0 Å². The molecular weight excluding hydrogens is 408 g/mol. The zero-order valence-electron chi connectivity index (χ0n) is 18.2. The second-order valence-corrected chi connectivity index (χ2v) is 9.48. The molecule has 3 rings (SSSR count). The lowest BCUT2D eigenvalue weighted by atomic mass is 10.0. The summed E-state index contributed by atoms with van der Waals surface area (Å²) in [6.07, 6.45) is 1.67. The summed E-state index contributed by atoms with van der Waals surface area (Å²) in [7, 11) is 0. The van der Waals surface area contributed by atoms with Gasteiger partial charge >= 0.3 is 6.09 Å². The number of aryl methyl sites for hydroxylation is 1. The zero-order chi connectivity index (χ0) is 22.1. The predicted octanol–water partition coefficient (Wildman–Crippen LogP) is 4.08. The second-order valence-electron chi connectivity index (χ2n) is 9.07. The molecule has 2 aliphatic rings. The van der Waals surface area contributed by atoms with Crippen LogP contribution in [0.5, 0.6) is 0 Å². The molecular formula is C21H31ClN4O4. The summed E-state index contributed by atoms with van der Waals surface area (Å²) in [5, 5.41) is 11.3. The van der Waals surface area contributed by atoms with Gasteiger partial charge in [0.25, 0.3) is 5.69 Å². The summed E-state index contributed by atoms with van der Waals surface area (Å²) in [6, 6.07) is 3.73. The van der Waals surface area contributed by atoms with Crippen LogP contribution >= 0.6 is 11.6 Å². The standard InChI is InChI=1S/C21H31ClN4O4/c1-15-13-19(26(28)29)17(22)14-18(15)24-11-9-23(10-12-24)16-5-7-25(8-6-16)20(27)30-21(2,3)4/h13-14,16H,5-12H2,1-4H3. The molecule has 0 N–H and O–H groups in total. The molecule has 0 atom stereocenters. The van der Waals surface area contributed by atoms with Gasteiger partial charge in [0.1, 0.15) is 10.6 Å². The van der Waals surface area contributed by atoms with Crippen LogP contribution in [0.4, 0.5) is 16.2 Å². The van der Waals surface area contributed by atoms with Crippen LogP contribution in [-0.4, -0.2) is 71.7 Å². The van der Waals surface area contributed by atoms with Crippen molar-refractivity contribution < 1.29 is 14.5 Å². The van der Waals surface area contributed by atoms with Crippen molar-refractivity contribution >= 4 is 29.1 Å². The van der Waals surface area contributed by atoms with Crippen molar-refractivity contribution in [3.05, 3.63) is 32.8 Å². The van der Waals surface area contributed by atoms with Crippen molar-refractivity contribution in [2.75, 3.05) is 44.2 Å². The Hall–Kier alpha value is -2.06. The van der Waals surface area contributed by atoms with E-state index in [1.54, 1.807) is 17.0 Å². The molecule has 1 aromatic carbocycles. The number of nitro groups is 1. The van der Waals surface area contributed by atoms with Gasteiger partial charge in [-0.05, 0) is 52.2 Å². The van der Waals surface area contributed by atoms with Crippen molar-refractivity contribution in [1.82, 2.24) is 9.80 Å². The van der Waals surface area contributed by atoms with E-state index in [9.17, 15) is 14.9 Å². The molecule has 0 radical (unpaired) electrons. The first kappa shape index (κ1) is 22.6. The Morgan fingerprint density at radius 2 is 1.73 bits per heavy atom. The molecule has 0 aliphatic carbocycles. The number of hydrogen-bond donors (Lipinski definition) is 0. The number of piperazine rings is 1. The SMILES string of the molecule is Cc1cc([N+](=O)[O-])c(Cl)cc1N1CCN(C2CCN(C(=O)OC(C)(C)C)CC2)CC1. The van der Waals surface area contributed by atoms with Crippen molar-refractivity contribution in [2.45, 2.75) is 52.2 Å². The monoisotopic (exact) mass is 438 g/mol. The smallest absolute Gasteiger partial charge is 0.410 e. The van der Waals surface area contributed by atoms with Gasteiger partial charge < -0.3 is 14.5 Å². The van der Waals surface area contributed by atoms with E-state index in [0.717, 1.165) is 63.4 Å². The third-order valence-electron chi connectivity index (χ3n) is 5.75. The normalized spacial score (nSPS) is 19.1. The van der Waals surface area contributed by atoms with E-state index in [1.165, 1.54) is 0 Å². The molecule has 0 saturated carbocycles. The molecule has 2 saturated heterocycles. The fourth-order valence-electron chi connectivity index (χ4n) is 4.20. The number of nitro benzene ring substituents is 1. The highest BCUT2D eigenvalue weighted by Gasteiger charge is 2.31. The van der Waals surface area contributed by atoms with Crippen molar-refractivity contribution in [1.29, 1.82) is 0 Å². The lowest BCUT2D eigenvalue weighted by molar-refractivity contribution is -0.384. The highest BCUT2D eigenvalue weighted by molar-refractivity contribution is 6.33. The number of carbonyl (C=O) groups is 1. The first-order valence-corrected chi connectivity index (χ1v) is 10.8. The van der Waals surface area contributed by atoms with Crippen LogP contribution in [0, 0.1) is 17.0 Å². The van der Waals surface area contributed by atoms with Gasteiger partial charge in [-0.15, -0.1) is 0 Å². The second kappa shape index (κ2) is 8.98. The number of likely N-dealkylation sites (tertiary alicyclic amines) is 1. The number of benzene rings is 1. The Kier molecular flexibility index (Phi) is 6.77. The Morgan fingerprint density at radius 3 is 2.27 bits per heavy atom. The van der Waals surface area contributed by atoms with Gasteiger partial charge in [-0.2, -0.15) is 0 Å². The Morgan fingerprint density at radius 1 is 1.13 bits per heavy atom. The number of piperidine rings is 1. The molecule has 0 spiro atoms. The Balaban J connectivity index is 1.53. The maximum Gasteiger partial charge on any atom is 0.410 e. The van der Waals surface area contributed by atoms with E-state index in [0.29, 0.717) is 6.04 Å². The largest absolute Gasteiger partial charge is 0.444 e. The van der Waals surface area contributed by atoms with E-state index < -0.39 is 10.5 Å². The number of amides is 1. The number of anilines is 1. The van der Waals surface area contributed by atoms with Crippen LogP contribution < -0.4 is 4.90 Å². The zero-order valence-corrected chi connectivity index (χ0v) is 18.9. The molecule has 1 aromatic rings. The first-order valence-electron chi connectivity index (χ1n) is 10.5. The van der Waals surface area contributed by atoms with Crippen LogP contribution in [0.25, 0.3) is 0 Å². The quantitative estimate of drug-likeness (QED) is 0.522. The number of rotatable bonds is 3. The van der Waals surface area contributed by atoms with Gasteiger partial charge in [0.05, 0.1) is 4.92 Å². The summed E-state index contributed by atoms with van der Waals surface area (Å²) < 4.78 is 5.48. The molecule has 8 nitrogen and oxygen atoms in total. The molecule has 9 heteroatoms. The fourth-order valence-corrected chi connectivity index (χ4v) is 4.43. The van der Waals surface area contributed by atoms with Gasteiger partial charge in [0.2, 0.25) is 0 Å². The summed E-state index contributed by atoms with van der Waals surface area (Å²) in [5.41, 5.74) is 1.31. The number of nitrogens with zero attached hydrogens (tertiary/aromatic N) is 4. The molecule has 2 aliphatic heterocycles. The van der Waals surface area contributed by atoms with Gasteiger partial charge in [0.15, 0.2) is 0 Å². The van der Waals surface area contributed by atoms with Gasteiger partial charge in [0, 0.05) is 57.1 Å². The summed E-state index contributed by atoms with van der Waals surface area (Å²) in [5.74, 6) is 0. The first-order chi connectivity index (χ1) is 14.0. The lowest BCUT2D eigenvalue weighted by Crippen LogP contribution is -2.54. The molecule has 30 heavy (non-hydrogen) atoms. The molecule has 2 heterocycles. The number of halogens is 1. The van der Waals surface area contributed by atoms with Crippen LogP contribution in [0.3, 0.4) is 0 Å². The highest BCUT2D eigenvalue weighted by atomic mass is 35.5. The minimum Gasteiger partial charge on any atom is -0.444 e. The maximum absolute atomic E-state index is 12.3. The van der Waals surface area contributed by atoms with Gasteiger partial charge in [-0.1, -0.05) is 11.6 Å². The van der Waals surface area contributed by atoms with Crippen LogP contribution in [-0.2, 0) is 4.74 Å². The topological polar surface area (TPSA) is 79.2 Å². The third kappa shape index (κ3) is 5.35. The highest BCUT2D eigenvalue weighted by Crippen LogP contribution is 2.33. The van der Waals surface area contributed by atoms with Crippen molar-refractivity contribution in [3.8, 4) is 0 Å². The summed E-state index contributed by atoms with van der Waals surface area (Å²) in [4.78, 5) is 29.4. The van der Waals surface area contributed by atoms with Crippen LogP contribution in [0.1, 0.15) is 39.2 Å². The van der Waals surface area contributed by atoms with E-state index in [-0.39, 0.29) is 16.8 Å². The molecule has 0 bridgehead atoms. The van der Waals surface area contributed by atoms with E-state index in [2.05, 4.69) is 9.80 Å². The predicted molar refractivity (Wildman–Crippen MR) is 117 cm³/mol. The number of ether oxygens (including phenoxy) is 1. The number of hydrogen-bond acceptors (Lipinski definition) is 6. The fraction of sp³-hybridized carbons (Fsp3) is 0.667. The lowest BCUT2D eigenvalue weighted by Gasteiger charge is -2.43. The van der Waals surface area contributed by atoms with Gasteiger partial charge in [-0.25, -0.2) is 4.79 Å². The number of carbonyl (C=O) groups excluding carboxylic acids is 1. The maximum atomic E-state index is 12.3. The van der Waals surface area contributed by atoms with E-state index in [1.807, 2.05) is 27.7 Å². The molecule has 2 fully saturated rings. The molecule has 1 amide bonds. The average molecular weight is 439 g/mol. The Bertz CT molecular complexity index is 795. The van der Waals surface area contributed by atoms with Crippen LogP contribution in [0.15, 0.2) is 12.1 Å². The minimum absolute atomic E-state index is 0.0479. The molecule has 0 aromatic heterocycles. The van der Waals surface area contributed by atoms with Crippen molar-refractivity contribution in [3.63, 3.8) is 0 Å². The summed E-state index contributed by atoms with van der Waals surface area (Å²) >= 11 is 6.12. The average Bonchev–Trinajstić information content (AvgIpc) is 2.68. The summed E-state index contributed by atoms with van der Waals surface area (Å²) in [6.45, 7) is 12.5.